The fourth-order valence-electron chi connectivity index (χ4n) is 2.04. The normalized spacial score (nSPS) is 20.2. The molecule has 0 aromatic heterocycles. The van der Waals surface area contributed by atoms with E-state index in [4.69, 9.17) is 0 Å². The Hall–Kier alpha value is -0.570. The van der Waals surface area contributed by atoms with Crippen molar-refractivity contribution in [1.29, 1.82) is 0 Å². The van der Waals surface area contributed by atoms with Gasteiger partial charge in [0, 0.05) is 12.6 Å². The van der Waals surface area contributed by atoms with Crippen LogP contribution in [0, 0.1) is 11.8 Å². The summed E-state index contributed by atoms with van der Waals surface area (Å²) >= 11 is 0. The van der Waals surface area contributed by atoms with Crippen LogP contribution in [-0.2, 0) is 4.79 Å². The van der Waals surface area contributed by atoms with Gasteiger partial charge in [0.05, 0.1) is 6.54 Å². The molecule has 0 aliphatic heterocycles. The molecule has 0 atom stereocenters. The third-order valence-corrected chi connectivity index (χ3v) is 3.28. The molecule has 1 amide bonds. The van der Waals surface area contributed by atoms with Crippen molar-refractivity contribution in [1.82, 2.24) is 10.2 Å². The summed E-state index contributed by atoms with van der Waals surface area (Å²) in [5, 5.41) is 3.29. The summed E-state index contributed by atoms with van der Waals surface area (Å²) in [6.07, 6.45) is 5.11. The molecule has 92 valence electrons. The Balaban J connectivity index is 1.70. The summed E-state index contributed by atoms with van der Waals surface area (Å²) in [5.41, 5.74) is 0. The average molecular weight is 224 g/mol. The molecule has 0 spiro atoms. The van der Waals surface area contributed by atoms with Gasteiger partial charge in [-0.25, -0.2) is 0 Å². The van der Waals surface area contributed by atoms with Crippen molar-refractivity contribution in [3.05, 3.63) is 0 Å². The van der Waals surface area contributed by atoms with Crippen LogP contribution in [0.1, 0.15) is 39.5 Å². The molecule has 2 aliphatic rings. The lowest BCUT2D eigenvalue weighted by molar-refractivity contribution is -0.131. The number of nitrogens with zero attached hydrogens (tertiary/aromatic N) is 1. The molecule has 0 aromatic carbocycles. The van der Waals surface area contributed by atoms with Gasteiger partial charge in [-0.1, -0.05) is 13.8 Å². The van der Waals surface area contributed by atoms with Crippen molar-refractivity contribution >= 4 is 5.91 Å². The minimum Gasteiger partial charge on any atom is -0.338 e. The van der Waals surface area contributed by atoms with E-state index in [0.717, 1.165) is 19.0 Å². The first-order valence-electron chi connectivity index (χ1n) is 6.67. The molecule has 0 aromatic rings. The van der Waals surface area contributed by atoms with E-state index in [1.54, 1.807) is 0 Å². The van der Waals surface area contributed by atoms with Crippen LogP contribution in [0.2, 0.25) is 0 Å². The van der Waals surface area contributed by atoms with Gasteiger partial charge in [0.2, 0.25) is 5.91 Å². The summed E-state index contributed by atoms with van der Waals surface area (Å²) in [6, 6.07) is 0.553. The second-order valence-corrected chi connectivity index (χ2v) is 5.75. The highest BCUT2D eigenvalue weighted by molar-refractivity contribution is 5.78. The third-order valence-electron chi connectivity index (χ3n) is 3.28. The number of rotatable bonds is 7. The van der Waals surface area contributed by atoms with Gasteiger partial charge in [-0.3, -0.25) is 4.79 Å². The molecule has 0 saturated heterocycles. The number of carbonyl (C=O) groups excluding carboxylic acids is 1. The smallest absolute Gasteiger partial charge is 0.236 e. The summed E-state index contributed by atoms with van der Waals surface area (Å²) in [5.74, 6) is 1.73. The summed E-state index contributed by atoms with van der Waals surface area (Å²) < 4.78 is 0. The van der Waals surface area contributed by atoms with Crippen LogP contribution >= 0.6 is 0 Å². The number of amides is 1. The Morgan fingerprint density at radius 2 is 2.00 bits per heavy atom. The Labute approximate surface area is 98.6 Å². The SMILES string of the molecule is CC(C)CN(C(=O)CNCC1CC1)C1CC1. The second kappa shape index (κ2) is 5.17. The van der Waals surface area contributed by atoms with Crippen molar-refractivity contribution in [2.75, 3.05) is 19.6 Å². The van der Waals surface area contributed by atoms with Crippen LogP contribution in [0.25, 0.3) is 0 Å². The maximum Gasteiger partial charge on any atom is 0.236 e. The van der Waals surface area contributed by atoms with Gasteiger partial charge < -0.3 is 10.2 Å². The highest BCUT2D eigenvalue weighted by Crippen LogP contribution is 2.28. The molecular weight excluding hydrogens is 200 g/mol. The molecule has 0 radical (unpaired) electrons. The van der Waals surface area contributed by atoms with Crippen molar-refractivity contribution in [2.24, 2.45) is 11.8 Å². The van der Waals surface area contributed by atoms with E-state index < -0.39 is 0 Å². The average Bonchev–Trinajstić information content (AvgIpc) is 3.06. The van der Waals surface area contributed by atoms with Gasteiger partial charge in [0.1, 0.15) is 0 Å². The first kappa shape index (κ1) is 11.9. The van der Waals surface area contributed by atoms with Crippen LogP contribution in [0.3, 0.4) is 0 Å². The van der Waals surface area contributed by atoms with E-state index in [1.165, 1.54) is 25.7 Å². The maximum absolute atomic E-state index is 12.0. The van der Waals surface area contributed by atoms with Gasteiger partial charge in [-0.05, 0) is 44.1 Å². The summed E-state index contributed by atoms with van der Waals surface area (Å²) in [6.45, 7) is 6.86. The number of hydrogen-bond acceptors (Lipinski definition) is 2. The van der Waals surface area contributed by atoms with Crippen molar-refractivity contribution in [3.63, 3.8) is 0 Å². The zero-order chi connectivity index (χ0) is 11.5. The highest BCUT2D eigenvalue weighted by Gasteiger charge is 2.32. The fraction of sp³-hybridized carbons (Fsp3) is 0.923. The van der Waals surface area contributed by atoms with Crippen molar-refractivity contribution in [2.45, 2.75) is 45.6 Å². The predicted octanol–water partition coefficient (Wildman–Crippen LogP) is 1.63. The number of nitrogens with one attached hydrogen (secondary N) is 1. The molecule has 2 aliphatic carbocycles. The van der Waals surface area contributed by atoms with Gasteiger partial charge in [0.15, 0.2) is 0 Å². The van der Waals surface area contributed by atoms with E-state index in [9.17, 15) is 4.79 Å². The first-order valence-corrected chi connectivity index (χ1v) is 6.67. The topological polar surface area (TPSA) is 32.3 Å². The summed E-state index contributed by atoms with van der Waals surface area (Å²) in [4.78, 5) is 14.1. The van der Waals surface area contributed by atoms with E-state index >= 15 is 0 Å². The van der Waals surface area contributed by atoms with Crippen LogP contribution in [0.15, 0.2) is 0 Å². The lowest BCUT2D eigenvalue weighted by Crippen LogP contribution is -2.41. The van der Waals surface area contributed by atoms with Gasteiger partial charge >= 0.3 is 0 Å². The minimum atomic E-state index is 0.303. The van der Waals surface area contributed by atoms with Gasteiger partial charge in [-0.2, -0.15) is 0 Å². The zero-order valence-corrected chi connectivity index (χ0v) is 10.5. The van der Waals surface area contributed by atoms with E-state index in [2.05, 4.69) is 24.1 Å². The Kier molecular flexibility index (Phi) is 3.85. The maximum atomic E-state index is 12.0. The van der Waals surface area contributed by atoms with E-state index in [-0.39, 0.29) is 0 Å². The van der Waals surface area contributed by atoms with E-state index in [0.29, 0.717) is 24.4 Å². The van der Waals surface area contributed by atoms with Crippen LogP contribution in [-0.4, -0.2) is 36.5 Å². The Morgan fingerprint density at radius 3 is 2.50 bits per heavy atom. The largest absolute Gasteiger partial charge is 0.338 e. The fourth-order valence-corrected chi connectivity index (χ4v) is 2.04. The van der Waals surface area contributed by atoms with Crippen molar-refractivity contribution < 1.29 is 4.79 Å². The van der Waals surface area contributed by atoms with Crippen LogP contribution < -0.4 is 5.32 Å². The van der Waals surface area contributed by atoms with Crippen molar-refractivity contribution in [3.8, 4) is 0 Å². The second-order valence-electron chi connectivity index (χ2n) is 5.75. The third kappa shape index (κ3) is 3.78. The van der Waals surface area contributed by atoms with Crippen LogP contribution in [0.5, 0.6) is 0 Å². The molecule has 3 heteroatoms. The lowest BCUT2D eigenvalue weighted by Gasteiger charge is -2.24. The minimum absolute atomic E-state index is 0.303. The highest BCUT2D eigenvalue weighted by atomic mass is 16.2. The predicted molar refractivity (Wildman–Crippen MR) is 65.2 cm³/mol. The molecule has 0 unspecified atom stereocenters. The molecule has 2 saturated carbocycles. The standard InChI is InChI=1S/C13H24N2O/c1-10(2)9-15(12-5-6-12)13(16)8-14-7-11-3-4-11/h10-12,14H,3-9H2,1-2H3. The molecule has 1 N–H and O–H groups in total. The monoisotopic (exact) mass is 224 g/mol. The molecular formula is C13H24N2O. The molecule has 16 heavy (non-hydrogen) atoms. The molecule has 3 nitrogen and oxygen atoms in total. The zero-order valence-electron chi connectivity index (χ0n) is 10.5. The number of hydrogen-bond donors (Lipinski definition) is 1. The summed E-state index contributed by atoms with van der Waals surface area (Å²) in [7, 11) is 0. The van der Waals surface area contributed by atoms with E-state index in [1.807, 2.05) is 0 Å². The molecule has 0 bridgehead atoms. The first-order chi connectivity index (χ1) is 7.66. The quantitative estimate of drug-likeness (QED) is 0.713. The lowest BCUT2D eigenvalue weighted by atomic mass is 10.2. The number of carbonyl (C=O) groups is 1. The van der Waals surface area contributed by atoms with Crippen LogP contribution in [0.4, 0.5) is 0 Å². The van der Waals surface area contributed by atoms with Gasteiger partial charge in [-0.15, -0.1) is 0 Å². The Morgan fingerprint density at radius 1 is 1.31 bits per heavy atom. The molecule has 0 heterocycles. The van der Waals surface area contributed by atoms with Gasteiger partial charge in [0.25, 0.3) is 0 Å². The Bertz CT molecular complexity index is 244. The molecule has 2 fully saturated rings. The molecule has 2 rings (SSSR count).